The molecule has 0 radical (unpaired) electrons. The summed E-state index contributed by atoms with van der Waals surface area (Å²) < 4.78 is 133. The van der Waals surface area contributed by atoms with Crippen molar-refractivity contribution in [2.75, 3.05) is 0 Å². The highest BCUT2D eigenvalue weighted by Crippen LogP contribution is 2.34. The molecule has 0 spiro atoms. The molecular weight excluding hydrogens is 688 g/mol. The van der Waals surface area contributed by atoms with Crippen LogP contribution in [0.2, 0.25) is 0 Å². The van der Waals surface area contributed by atoms with Gasteiger partial charge in [-0.25, -0.2) is 19.9 Å². The summed E-state index contributed by atoms with van der Waals surface area (Å²) in [6, 6.07) is 2.72. The minimum Gasteiger partial charge on any atom is -0.433 e. The van der Waals surface area contributed by atoms with Crippen LogP contribution < -0.4 is 15.2 Å². The van der Waals surface area contributed by atoms with Gasteiger partial charge in [-0.05, 0) is 12.1 Å². The van der Waals surface area contributed by atoms with Gasteiger partial charge >= 0.3 is 25.6 Å². The minimum absolute atomic E-state index is 0.0173. The van der Waals surface area contributed by atoms with Gasteiger partial charge in [0.15, 0.2) is 11.5 Å². The van der Waals surface area contributed by atoms with E-state index in [1.165, 1.54) is 12.1 Å². The Morgan fingerprint density at radius 1 is 0.614 bits per heavy atom. The summed E-state index contributed by atoms with van der Waals surface area (Å²) in [6.45, 7) is -6.19. The predicted molar refractivity (Wildman–Crippen MR) is 134 cm³/mol. The molecule has 0 aromatic carbocycles. The first-order valence-electron chi connectivity index (χ1n) is 11.5. The second-order valence-electron chi connectivity index (χ2n) is 8.02. The monoisotopic (exact) mass is 703 g/mol. The second-order valence-corrected chi connectivity index (χ2v) is 8.59. The molecule has 44 heavy (non-hydrogen) atoms. The largest absolute Gasteiger partial charge is 0.451 e. The van der Waals surface area contributed by atoms with E-state index in [1.54, 1.807) is 0 Å². The Bertz CT molecular complexity index is 1410. The van der Waals surface area contributed by atoms with Gasteiger partial charge in [-0.1, -0.05) is 15.9 Å². The molecular formula is C24H16BrF10N7O2. The van der Waals surface area contributed by atoms with Crippen molar-refractivity contribution in [3.63, 3.8) is 0 Å². The Hall–Kier alpha value is -4.20. The quantitative estimate of drug-likeness (QED) is 0.158. The van der Waals surface area contributed by atoms with Crippen LogP contribution in [0.1, 0.15) is 23.0 Å². The molecule has 0 amide bonds. The van der Waals surface area contributed by atoms with Crippen LogP contribution in [0.3, 0.4) is 0 Å². The number of ether oxygens (including phenoxy) is 2. The smallest absolute Gasteiger partial charge is 0.433 e. The zero-order valence-electron chi connectivity index (χ0n) is 21.4. The first-order chi connectivity index (χ1) is 20.6. The van der Waals surface area contributed by atoms with Gasteiger partial charge in [0.25, 0.3) is 0 Å². The van der Waals surface area contributed by atoms with Crippen molar-refractivity contribution < 1.29 is 53.4 Å². The lowest BCUT2D eigenvalue weighted by Gasteiger charge is -2.12. The van der Waals surface area contributed by atoms with E-state index >= 15 is 0 Å². The molecule has 9 nitrogen and oxygen atoms in total. The summed E-state index contributed by atoms with van der Waals surface area (Å²) in [5.41, 5.74) is 6.60. The fraction of sp³-hybridized carbons (Fsp3) is 0.250. The molecule has 0 bridgehead atoms. The van der Waals surface area contributed by atoms with E-state index in [4.69, 9.17) is 5.73 Å². The van der Waals surface area contributed by atoms with E-state index in [9.17, 15) is 43.9 Å². The van der Waals surface area contributed by atoms with Gasteiger partial charge in [0.2, 0.25) is 11.6 Å². The lowest BCUT2D eigenvalue weighted by molar-refractivity contribution is -0.145. The molecule has 4 aromatic rings. The third-order valence-corrected chi connectivity index (χ3v) is 5.63. The average Bonchev–Trinajstić information content (AvgIpc) is 2.96. The average molecular weight is 704 g/mol. The molecule has 0 saturated carbocycles. The highest BCUT2D eigenvalue weighted by molar-refractivity contribution is 9.08. The van der Waals surface area contributed by atoms with E-state index in [1.807, 2.05) is 0 Å². The third-order valence-electron chi connectivity index (χ3n) is 5.06. The number of nitrogens with two attached hydrogens (primary N) is 1. The first kappa shape index (κ1) is 34.3. The molecule has 4 aromatic heterocycles. The molecule has 236 valence electrons. The number of hydrogen-bond donors (Lipinski definition) is 1. The Balaban J connectivity index is 0.000000240. The van der Waals surface area contributed by atoms with Crippen LogP contribution in [0.5, 0.6) is 11.5 Å². The van der Waals surface area contributed by atoms with Crippen molar-refractivity contribution in [1.29, 1.82) is 0 Å². The van der Waals surface area contributed by atoms with Gasteiger partial charge in [0.05, 0.1) is 23.8 Å². The number of rotatable bonds is 8. The van der Waals surface area contributed by atoms with Crippen molar-refractivity contribution in [2.45, 2.75) is 37.5 Å². The summed E-state index contributed by atoms with van der Waals surface area (Å²) in [4.78, 5) is 20.4. The van der Waals surface area contributed by atoms with E-state index in [0.717, 1.165) is 37.2 Å². The van der Waals surface area contributed by atoms with Gasteiger partial charge in [-0.15, -0.1) is 0 Å². The molecule has 0 fully saturated rings. The van der Waals surface area contributed by atoms with E-state index in [2.05, 4.69) is 55.3 Å². The van der Waals surface area contributed by atoms with Crippen molar-refractivity contribution in [3.8, 4) is 33.8 Å². The summed E-state index contributed by atoms with van der Waals surface area (Å²) in [5.74, 6) is -3.23. The minimum atomic E-state index is -4.69. The van der Waals surface area contributed by atoms with Crippen LogP contribution in [-0.4, -0.2) is 43.1 Å². The van der Waals surface area contributed by atoms with Crippen LogP contribution in [-0.2, 0) is 24.2 Å². The summed E-state index contributed by atoms with van der Waals surface area (Å²) >= 11 is 3.15. The van der Waals surface area contributed by atoms with E-state index in [0.29, 0.717) is 16.7 Å². The maximum absolute atomic E-state index is 12.4. The fourth-order valence-electron chi connectivity index (χ4n) is 3.21. The summed E-state index contributed by atoms with van der Waals surface area (Å²) in [5, 5.41) is 0.330. The lowest BCUT2D eigenvalue weighted by atomic mass is 10.1. The summed E-state index contributed by atoms with van der Waals surface area (Å²) in [6.07, 6.45) is -3.78. The normalized spacial score (nSPS) is 11.8. The van der Waals surface area contributed by atoms with Crippen LogP contribution in [0.4, 0.5) is 43.9 Å². The topological polar surface area (TPSA) is 122 Å². The maximum Gasteiger partial charge on any atom is 0.451 e. The standard InChI is InChI=1S/C12H7BrF5N3O.C12H9F5N4O/c13-2-7-1-8(9(5-19-7)22-11(14)15)6-3-20-10(21-4-6)12(16,17)18;13-11(14)22-9-5-19-7(2-18)1-8(9)6-3-20-10(21-4-6)12(15,16)17/h1,3-5,11H,2H2;1,3-5,11H,2,18H2. The molecule has 0 saturated heterocycles. The van der Waals surface area contributed by atoms with Gasteiger partial charge < -0.3 is 15.2 Å². The Labute approximate surface area is 248 Å². The molecule has 4 rings (SSSR count). The van der Waals surface area contributed by atoms with Gasteiger partial charge in [-0.2, -0.15) is 43.9 Å². The molecule has 0 aliphatic heterocycles. The summed E-state index contributed by atoms with van der Waals surface area (Å²) in [7, 11) is 0. The number of halogens is 11. The SMILES string of the molecule is FC(F)Oc1cnc(CBr)cc1-c1cnc(C(F)(F)F)nc1.NCc1cc(-c2cnc(C(F)(F)F)nc2)c(OC(F)F)cn1. The number of alkyl halides is 11. The third kappa shape index (κ3) is 9.40. The highest BCUT2D eigenvalue weighted by Gasteiger charge is 2.35. The molecule has 0 atom stereocenters. The number of hydrogen-bond acceptors (Lipinski definition) is 9. The zero-order chi connectivity index (χ0) is 32.7. The Morgan fingerprint density at radius 3 is 1.30 bits per heavy atom. The fourth-order valence-corrected chi connectivity index (χ4v) is 3.52. The van der Waals surface area contributed by atoms with Crippen molar-refractivity contribution >= 4 is 15.9 Å². The molecule has 20 heteroatoms. The van der Waals surface area contributed by atoms with Gasteiger partial charge in [0.1, 0.15) is 0 Å². The Kier molecular flexibility index (Phi) is 11.3. The van der Waals surface area contributed by atoms with E-state index in [-0.39, 0.29) is 40.3 Å². The molecule has 0 aliphatic carbocycles. The number of nitrogens with zero attached hydrogens (tertiary/aromatic N) is 6. The van der Waals surface area contributed by atoms with Crippen molar-refractivity contribution in [3.05, 3.63) is 72.4 Å². The number of pyridine rings is 2. The van der Waals surface area contributed by atoms with Crippen LogP contribution in [0.15, 0.2) is 49.3 Å². The highest BCUT2D eigenvalue weighted by atomic mass is 79.9. The molecule has 0 unspecified atom stereocenters. The maximum atomic E-state index is 12.4. The number of aromatic nitrogens is 6. The lowest BCUT2D eigenvalue weighted by Crippen LogP contribution is -2.11. The predicted octanol–water partition coefficient (Wildman–Crippen LogP) is 6.67. The molecule has 0 aliphatic rings. The van der Waals surface area contributed by atoms with Gasteiger partial charge in [0, 0.05) is 58.9 Å². The van der Waals surface area contributed by atoms with Crippen molar-refractivity contribution in [1.82, 2.24) is 29.9 Å². The molecule has 2 N–H and O–H groups in total. The second kappa shape index (κ2) is 14.5. The van der Waals surface area contributed by atoms with Crippen LogP contribution in [0.25, 0.3) is 22.3 Å². The first-order valence-corrected chi connectivity index (χ1v) is 12.7. The Morgan fingerprint density at radius 2 is 0.977 bits per heavy atom. The zero-order valence-corrected chi connectivity index (χ0v) is 23.0. The van der Waals surface area contributed by atoms with Gasteiger partial charge in [-0.3, -0.25) is 9.97 Å². The van der Waals surface area contributed by atoms with Crippen molar-refractivity contribution in [2.24, 2.45) is 5.73 Å². The van der Waals surface area contributed by atoms with Crippen LogP contribution >= 0.6 is 15.9 Å². The van der Waals surface area contributed by atoms with Crippen LogP contribution in [0, 0.1) is 0 Å². The molecule has 4 heterocycles. The van der Waals surface area contributed by atoms with E-state index < -0.39 is 37.2 Å².